The van der Waals surface area contributed by atoms with Crippen molar-refractivity contribution in [3.63, 3.8) is 0 Å². The van der Waals surface area contributed by atoms with E-state index < -0.39 is 12.0 Å². The van der Waals surface area contributed by atoms with E-state index in [1.54, 1.807) is 13.8 Å². The van der Waals surface area contributed by atoms with Crippen LogP contribution in [-0.4, -0.2) is 31.6 Å². The Morgan fingerprint density at radius 1 is 1.73 bits per heavy atom. The van der Waals surface area contributed by atoms with E-state index >= 15 is 0 Å². The predicted molar refractivity (Wildman–Crippen MR) is 41.6 cm³/mol. The van der Waals surface area contributed by atoms with E-state index in [1.165, 1.54) is 0 Å². The van der Waals surface area contributed by atoms with E-state index in [-0.39, 0.29) is 5.92 Å². The van der Waals surface area contributed by atoms with Gasteiger partial charge in [-0.25, -0.2) is 9.79 Å². The first-order chi connectivity index (χ1) is 5.09. The minimum Gasteiger partial charge on any atom is -0.560 e. The molecule has 0 rings (SSSR count). The second kappa shape index (κ2) is 4.76. The van der Waals surface area contributed by atoms with Crippen molar-refractivity contribution < 1.29 is 14.6 Å². The second-order valence-corrected chi connectivity index (χ2v) is 2.42. The molecule has 1 atom stereocenters. The highest BCUT2D eigenvalue weighted by atomic mass is 16.4. The number of hydrogen-bond acceptors (Lipinski definition) is 3. The highest BCUT2D eigenvalue weighted by Crippen LogP contribution is 2.05. The Morgan fingerprint density at radius 3 is 2.55 bits per heavy atom. The number of nitrogens with zero attached hydrogens (tertiary/aromatic N) is 1. The van der Waals surface area contributed by atoms with Crippen LogP contribution in [0.5, 0.6) is 0 Å². The van der Waals surface area contributed by atoms with Crippen LogP contribution >= 0.6 is 0 Å². The molecule has 0 aromatic heterocycles. The van der Waals surface area contributed by atoms with Crippen molar-refractivity contribution in [2.45, 2.75) is 19.9 Å². The Kier molecular flexibility index (Phi) is 4.33. The highest BCUT2D eigenvalue weighted by Gasteiger charge is 2.19. The van der Waals surface area contributed by atoms with Gasteiger partial charge in [-0.15, -0.1) is 0 Å². The van der Waals surface area contributed by atoms with Gasteiger partial charge in [-0.3, -0.25) is 0 Å². The third kappa shape index (κ3) is 3.65. The standard InChI is InChI=1S/C6H10BNO3/c1-4(2)5(6(9)10)8-3-11-7/h3-5H,1-2H3,(H,9,10)/t5-/m1/s1. The Balaban J connectivity index is 4.11. The second-order valence-electron chi connectivity index (χ2n) is 2.42. The van der Waals surface area contributed by atoms with Gasteiger partial charge in [-0.2, -0.15) is 0 Å². The molecular formula is C6H10BNO3. The summed E-state index contributed by atoms with van der Waals surface area (Å²) >= 11 is 0. The summed E-state index contributed by atoms with van der Waals surface area (Å²) in [6.07, 6.45) is 0.929. The molecule has 4 nitrogen and oxygen atoms in total. The highest BCUT2D eigenvalue weighted by molar-refractivity contribution is 6.02. The number of aliphatic imine (C=N–C) groups is 1. The molecule has 0 saturated carbocycles. The molecule has 0 bridgehead atoms. The van der Waals surface area contributed by atoms with Crippen molar-refractivity contribution in [1.29, 1.82) is 0 Å². The molecule has 0 aliphatic rings. The van der Waals surface area contributed by atoms with Crippen LogP contribution in [0.3, 0.4) is 0 Å². The minimum absolute atomic E-state index is 0.0705. The lowest BCUT2D eigenvalue weighted by Gasteiger charge is -2.09. The minimum atomic E-state index is -0.978. The van der Waals surface area contributed by atoms with E-state index in [4.69, 9.17) is 5.11 Å². The Hall–Kier alpha value is -0.995. The van der Waals surface area contributed by atoms with Gasteiger partial charge in [-0.05, 0) is 5.92 Å². The van der Waals surface area contributed by atoms with Crippen LogP contribution in [0.1, 0.15) is 13.8 Å². The molecule has 0 aromatic rings. The first-order valence-electron chi connectivity index (χ1n) is 3.19. The van der Waals surface area contributed by atoms with E-state index in [1.807, 2.05) is 0 Å². The van der Waals surface area contributed by atoms with Gasteiger partial charge in [0, 0.05) is 0 Å². The van der Waals surface area contributed by atoms with Gasteiger partial charge in [0.25, 0.3) is 0 Å². The van der Waals surface area contributed by atoms with Crippen molar-refractivity contribution in [1.82, 2.24) is 0 Å². The quantitative estimate of drug-likeness (QED) is 0.359. The van der Waals surface area contributed by atoms with Gasteiger partial charge in [0.1, 0.15) is 0 Å². The SMILES string of the molecule is [B]OC=N[C@@H](C(=O)O)C(C)C. The fraction of sp³-hybridized carbons (Fsp3) is 0.667. The zero-order chi connectivity index (χ0) is 8.85. The third-order valence-corrected chi connectivity index (χ3v) is 1.17. The maximum atomic E-state index is 10.4. The maximum Gasteiger partial charge on any atom is 0.375 e. The third-order valence-electron chi connectivity index (χ3n) is 1.17. The monoisotopic (exact) mass is 155 g/mol. The van der Waals surface area contributed by atoms with Crippen LogP contribution in [-0.2, 0) is 9.45 Å². The lowest BCUT2D eigenvalue weighted by molar-refractivity contribution is -0.139. The van der Waals surface area contributed by atoms with Gasteiger partial charge in [0.15, 0.2) is 12.4 Å². The summed E-state index contributed by atoms with van der Waals surface area (Å²) in [5, 5.41) is 8.56. The average Bonchev–Trinajstić information content (AvgIpc) is 1.87. The first-order valence-corrected chi connectivity index (χ1v) is 3.19. The predicted octanol–water partition coefficient (Wildman–Crippen LogP) is 0.224. The molecule has 1 N–H and O–H groups in total. The fourth-order valence-corrected chi connectivity index (χ4v) is 0.622. The molecule has 11 heavy (non-hydrogen) atoms. The summed E-state index contributed by atoms with van der Waals surface area (Å²) in [7, 11) is 4.63. The lowest BCUT2D eigenvalue weighted by Crippen LogP contribution is -2.24. The number of carbonyl (C=O) groups is 1. The topological polar surface area (TPSA) is 58.9 Å². The zero-order valence-electron chi connectivity index (χ0n) is 6.52. The molecule has 60 valence electrons. The Bertz CT molecular complexity index is 158. The van der Waals surface area contributed by atoms with Crippen molar-refractivity contribution >= 4 is 20.4 Å². The van der Waals surface area contributed by atoms with Crippen LogP contribution < -0.4 is 0 Å². The van der Waals surface area contributed by atoms with Crippen LogP contribution in [0.15, 0.2) is 4.99 Å². The number of aliphatic carboxylic acids is 1. The van der Waals surface area contributed by atoms with E-state index in [0.29, 0.717) is 0 Å². The molecule has 0 spiro atoms. The molecular weight excluding hydrogens is 145 g/mol. The van der Waals surface area contributed by atoms with Crippen LogP contribution in [0.4, 0.5) is 0 Å². The average molecular weight is 155 g/mol. The summed E-state index contributed by atoms with van der Waals surface area (Å²) in [6.45, 7) is 3.51. The van der Waals surface area contributed by atoms with Crippen molar-refractivity contribution in [2.75, 3.05) is 0 Å². The van der Waals surface area contributed by atoms with E-state index in [2.05, 4.69) is 17.7 Å². The van der Waals surface area contributed by atoms with Gasteiger partial charge >= 0.3 is 14.0 Å². The summed E-state index contributed by atoms with van der Waals surface area (Å²) < 4.78 is 4.02. The van der Waals surface area contributed by atoms with Crippen LogP contribution in [0.25, 0.3) is 0 Å². The largest absolute Gasteiger partial charge is 0.560 e. The van der Waals surface area contributed by atoms with Gasteiger partial charge in [-0.1, -0.05) is 13.8 Å². The normalized spacial score (nSPS) is 13.7. The number of carboxylic acids is 1. The van der Waals surface area contributed by atoms with Crippen molar-refractivity contribution in [3.8, 4) is 0 Å². The molecule has 0 heterocycles. The molecule has 2 radical (unpaired) electrons. The fourth-order valence-electron chi connectivity index (χ4n) is 0.622. The molecule has 0 aliphatic heterocycles. The van der Waals surface area contributed by atoms with Crippen LogP contribution in [0.2, 0.25) is 0 Å². The van der Waals surface area contributed by atoms with Crippen LogP contribution in [0, 0.1) is 5.92 Å². The van der Waals surface area contributed by atoms with Gasteiger partial charge < -0.3 is 9.76 Å². The number of carboxylic acid groups (broad SMARTS) is 1. The number of rotatable bonds is 4. The smallest absolute Gasteiger partial charge is 0.375 e. The summed E-state index contributed by atoms with van der Waals surface area (Å²) in [4.78, 5) is 14.0. The molecule has 0 aliphatic carbocycles. The van der Waals surface area contributed by atoms with Gasteiger partial charge in [0.05, 0.1) is 0 Å². The van der Waals surface area contributed by atoms with Crippen molar-refractivity contribution in [3.05, 3.63) is 0 Å². The van der Waals surface area contributed by atoms with E-state index in [0.717, 1.165) is 6.40 Å². The Morgan fingerprint density at radius 2 is 2.27 bits per heavy atom. The first kappa shape index (κ1) is 10.0. The molecule has 0 amide bonds. The summed E-state index contributed by atoms with van der Waals surface area (Å²) in [5.74, 6) is -1.05. The maximum absolute atomic E-state index is 10.4. The summed E-state index contributed by atoms with van der Waals surface area (Å²) in [6, 6.07) is -0.779. The van der Waals surface area contributed by atoms with E-state index in [9.17, 15) is 4.79 Å². The molecule has 5 heteroatoms. The number of hydrogen-bond donors (Lipinski definition) is 1. The summed E-state index contributed by atoms with van der Waals surface area (Å²) in [5.41, 5.74) is 0. The zero-order valence-corrected chi connectivity index (χ0v) is 6.52. The van der Waals surface area contributed by atoms with Crippen molar-refractivity contribution in [2.24, 2.45) is 10.9 Å². The lowest BCUT2D eigenvalue weighted by atomic mass is 10.1. The Labute approximate surface area is 66.7 Å². The van der Waals surface area contributed by atoms with Gasteiger partial charge in [0.2, 0.25) is 0 Å². The molecule has 0 saturated heterocycles. The molecule has 0 fully saturated rings. The molecule has 0 aromatic carbocycles. The molecule has 0 unspecified atom stereocenters.